The van der Waals surface area contributed by atoms with Gasteiger partial charge < -0.3 is 15.8 Å². The Morgan fingerprint density at radius 1 is 1.00 bits per heavy atom. The highest BCUT2D eigenvalue weighted by Gasteiger charge is 2.35. The van der Waals surface area contributed by atoms with Gasteiger partial charge in [0.15, 0.2) is 12.4 Å². The number of carbonyl (C=O) groups excluding carboxylic acids is 2. The Kier molecular flexibility index (Phi) is 7.60. The SMILES string of the molecule is Cc1ccc(-c2cc(C(F)(F)F)nc3sc(C(N)=O)c(NC(=O)c4ccn(COc5cccc(C(F)(F)F)c5)n4)c23)cc1. The lowest BCUT2D eigenvalue weighted by Gasteiger charge is -2.12. The van der Waals surface area contributed by atoms with E-state index in [1.165, 1.54) is 24.4 Å². The molecular formula is C28H19F6N5O3S. The molecular weight excluding hydrogens is 600 g/mol. The lowest BCUT2D eigenvalue weighted by molar-refractivity contribution is -0.141. The molecule has 222 valence electrons. The molecule has 43 heavy (non-hydrogen) atoms. The van der Waals surface area contributed by atoms with Crippen LogP contribution in [0.1, 0.15) is 37.0 Å². The van der Waals surface area contributed by atoms with Crippen LogP contribution in [0.25, 0.3) is 21.3 Å². The predicted octanol–water partition coefficient (Wildman–Crippen LogP) is 6.89. The second-order valence-corrected chi connectivity index (χ2v) is 10.3. The Labute approximate surface area is 242 Å². The molecule has 5 aromatic rings. The van der Waals surface area contributed by atoms with Crippen LogP contribution in [0, 0.1) is 6.92 Å². The summed E-state index contributed by atoms with van der Waals surface area (Å²) in [5.74, 6) is -1.92. The van der Waals surface area contributed by atoms with Crippen LogP contribution in [-0.2, 0) is 19.1 Å². The van der Waals surface area contributed by atoms with Gasteiger partial charge in [-0.25, -0.2) is 9.67 Å². The molecule has 2 aromatic carbocycles. The van der Waals surface area contributed by atoms with Crippen LogP contribution in [0.15, 0.2) is 66.9 Å². The summed E-state index contributed by atoms with van der Waals surface area (Å²) >= 11 is 0.599. The summed E-state index contributed by atoms with van der Waals surface area (Å²) in [7, 11) is 0. The van der Waals surface area contributed by atoms with Gasteiger partial charge >= 0.3 is 12.4 Å². The molecule has 0 unspecified atom stereocenters. The van der Waals surface area contributed by atoms with Gasteiger partial charge in [0.2, 0.25) is 0 Å². The number of carbonyl (C=O) groups is 2. The van der Waals surface area contributed by atoms with Gasteiger partial charge in [0, 0.05) is 11.6 Å². The highest BCUT2D eigenvalue weighted by Crippen LogP contribution is 2.43. The number of fused-ring (bicyclic) bond motifs is 1. The third-order valence-electron chi connectivity index (χ3n) is 6.18. The molecule has 0 fully saturated rings. The van der Waals surface area contributed by atoms with E-state index in [4.69, 9.17) is 10.5 Å². The third-order valence-corrected chi connectivity index (χ3v) is 7.27. The van der Waals surface area contributed by atoms with Gasteiger partial charge in [0.1, 0.15) is 21.2 Å². The van der Waals surface area contributed by atoms with E-state index in [9.17, 15) is 35.9 Å². The van der Waals surface area contributed by atoms with Crippen molar-refractivity contribution < 1.29 is 40.7 Å². The number of anilines is 1. The lowest BCUT2D eigenvalue weighted by Crippen LogP contribution is -2.18. The van der Waals surface area contributed by atoms with Crippen molar-refractivity contribution in [2.75, 3.05) is 5.32 Å². The highest BCUT2D eigenvalue weighted by molar-refractivity contribution is 7.21. The largest absolute Gasteiger partial charge is 0.471 e. The molecule has 0 radical (unpaired) electrons. The molecule has 0 aliphatic rings. The van der Waals surface area contributed by atoms with Crippen LogP contribution in [0.2, 0.25) is 0 Å². The van der Waals surface area contributed by atoms with Gasteiger partial charge in [-0.2, -0.15) is 31.4 Å². The van der Waals surface area contributed by atoms with Crippen molar-refractivity contribution in [1.82, 2.24) is 14.8 Å². The third kappa shape index (κ3) is 6.30. The number of benzene rings is 2. The Hall–Kier alpha value is -4.92. The zero-order valence-electron chi connectivity index (χ0n) is 21.9. The van der Waals surface area contributed by atoms with Gasteiger partial charge in [0.05, 0.1) is 11.3 Å². The number of thiophene rings is 1. The Morgan fingerprint density at radius 2 is 1.72 bits per heavy atom. The minimum atomic E-state index is -4.79. The van der Waals surface area contributed by atoms with Crippen molar-refractivity contribution in [2.24, 2.45) is 5.73 Å². The number of pyridine rings is 1. The van der Waals surface area contributed by atoms with Crippen molar-refractivity contribution >= 4 is 39.1 Å². The number of rotatable bonds is 7. The number of ether oxygens (including phenoxy) is 1. The first-order valence-electron chi connectivity index (χ1n) is 12.3. The molecule has 0 atom stereocenters. The number of amides is 2. The van der Waals surface area contributed by atoms with Crippen LogP contribution in [0.4, 0.5) is 32.0 Å². The minimum absolute atomic E-state index is 0.0661. The zero-order valence-corrected chi connectivity index (χ0v) is 22.7. The maximum atomic E-state index is 13.7. The minimum Gasteiger partial charge on any atom is -0.471 e. The summed E-state index contributed by atoms with van der Waals surface area (Å²) in [6.45, 7) is 1.46. The van der Waals surface area contributed by atoms with Crippen LogP contribution < -0.4 is 15.8 Å². The molecule has 3 heterocycles. The molecule has 0 spiro atoms. The van der Waals surface area contributed by atoms with Crippen LogP contribution in [-0.4, -0.2) is 26.6 Å². The number of halogens is 6. The molecule has 0 saturated carbocycles. The summed E-state index contributed by atoms with van der Waals surface area (Å²) in [5, 5.41) is 6.66. The monoisotopic (exact) mass is 619 g/mol. The van der Waals surface area contributed by atoms with E-state index in [0.29, 0.717) is 16.9 Å². The number of nitrogens with one attached hydrogen (secondary N) is 1. The van der Waals surface area contributed by atoms with E-state index in [1.807, 2.05) is 0 Å². The normalized spacial score (nSPS) is 12.0. The van der Waals surface area contributed by atoms with E-state index in [2.05, 4.69) is 15.4 Å². The number of primary amides is 1. The Morgan fingerprint density at radius 3 is 2.37 bits per heavy atom. The van der Waals surface area contributed by atoms with E-state index < -0.39 is 35.4 Å². The number of nitrogens with zero attached hydrogens (tertiary/aromatic N) is 3. The van der Waals surface area contributed by atoms with Crippen molar-refractivity contribution in [3.8, 4) is 16.9 Å². The fourth-order valence-corrected chi connectivity index (χ4v) is 5.14. The number of aryl methyl sites for hydroxylation is 1. The maximum Gasteiger partial charge on any atom is 0.433 e. The Bertz CT molecular complexity index is 1840. The van der Waals surface area contributed by atoms with Crippen molar-refractivity contribution in [3.05, 3.63) is 94.3 Å². The number of alkyl halides is 6. The smallest absolute Gasteiger partial charge is 0.433 e. The molecule has 3 aromatic heterocycles. The summed E-state index contributed by atoms with van der Waals surface area (Å²) in [4.78, 5) is 28.8. The highest BCUT2D eigenvalue weighted by atomic mass is 32.1. The predicted molar refractivity (Wildman–Crippen MR) is 146 cm³/mol. The summed E-state index contributed by atoms with van der Waals surface area (Å²) in [6.07, 6.45) is -8.02. The fraction of sp³-hybridized carbons (Fsp3) is 0.143. The summed E-state index contributed by atoms with van der Waals surface area (Å²) in [6, 6.07) is 12.9. The molecule has 0 aliphatic heterocycles. The van der Waals surface area contributed by atoms with E-state index in [0.717, 1.165) is 28.4 Å². The van der Waals surface area contributed by atoms with Crippen LogP contribution >= 0.6 is 11.3 Å². The standard InChI is InChI=1S/C28H19F6N5O3S/c1-14-5-7-15(8-6-14)18-12-20(28(32,33)34)36-26-21(18)22(23(43-26)24(35)40)37-25(41)19-9-10-39(38-19)13-42-17-4-2-3-16(11-17)27(29,30)31/h2-12H,13H2,1H3,(H2,35,40)(H,37,41). The molecule has 0 bridgehead atoms. The van der Waals surface area contributed by atoms with E-state index >= 15 is 0 Å². The zero-order chi connectivity index (χ0) is 31.1. The van der Waals surface area contributed by atoms with Gasteiger partial charge in [-0.3, -0.25) is 9.59 Å². The number of aromatic nitrogens is 3. The summed E-state index contributed by atoms with van der Waals surface area (Å²) in [5.41, 5.74) is 4.42. The molecule has 3 N–H and O–H groups in total. The van der Waals surface area contributed by atoms with E-state index in [-0.39, 0.29) is 44.5 Å². The molecule has 5 rings (SSSR count). The first kappa shape index (κ1) is 29.6. The molecule has 8 nitrogen and oxygen atoms in total. The number of nitrogens with two attached hydrogens (primary N) is 1. The quantitative estimate of drug-likeness (QED) is 0.193. The van der Waals surface area contributed by atoms with Crippen LogP contribution in [0.5, 0.6) is 5.75 Å². The van der Waals surface area contributed by atoms with Gasteiger partial charge in [-0.15, -0.1) is 11.3 Å². The Balaban J connectivity index is 1.47. The summed E-state index contributed by atoms with van der Waals surface area (Å²) < 4.78 is 86.6. The van der Waals surface area contributed by atoms with Gasteiger partial charge in [-0.1, -0.05) is 35.9 Å². The number of hydrogen-bond acceptors (Lipinski definition) is 6. The molecule has 15 heteroatoms. The average Bonchev–Trinajstić information content (AvgIpc) is 3.56. The first-order valence-corrected chi connectivity index (χ1v) is 13.1. The van der Waals surface area contributed by atoms with Gasteiger partial charge in [0.25, 0.3) is 11.8 Å². The molecule has 0 aliphatic carbocycles. The molecule has 2 amide bonds. The number of hydrogen-bond donors (Lipinski definition) is 2. The van der Waals surface area contributed by atoms with Crippen LogP contribution in [0.3, 0.4) is 0 Å². The second kappa shape index (κ2) is 11.1. The lowest BCUT2D eigenvalue weighted by atomic mass is 10.00. The van der Waals surface area contributed by atoms with Crippen molar-refractivity contribution in [1.29, 1.82) is 0 Å². The van der Waals surface area contributed by atoms with Crippen molar-refractivity contribution in [2.45, 2.75) is 26.0 Å². The molecule has 0 saturated heterocycles. The fourth-order valence-electron chi connectivity index (χ4n) is 4.13. The first-order chi connectivity index (χ1) is 20.2. The topological polar surface area (TPSA) is 112 Å². The van der Waals surface area contributed by atoms with Crippen molar-refractivity contribution in [3.63, 3.8) is 0 Å². The second-order valence-electron chi connectivity index (χ2n) is 9.26. The van der Waals surface area contributed by atoms with Gasteiger partial charge in [-0.05, 0) is 48.4 Å². The van der Waals surface area contributed by atoms with E-state index in [1.54, 1.807) is 31.2 Å². The maximum absolute atomic E-state index is 13.7. The average molecular weight is 620 g/mol.